The van der Waals surface area contributed by atoms with Crippen molar-refractivity contribution in [3.05, 3.63) is 0 Å². The Hall–Kier alpha value is -0.650. The highest BCUT2D eigenvalue weighted by Gasteiger charge is 2.27. The Balaban J connectivity index is 1.70. The summed E-state index contributed by atoms with van der Waals surface area (Å²) in [5.41, 5.74) is 0. The minimum atomic E-state index is 0.119. The third kappa shape index (κ3) is 4.17. The summed E-state index contributed by atoms with van der Waals surface area (Å²) in [7, 11) is 0. The summed E-state index contributed by atoms with van der Waals surface area (Å²) in [6.07, 6.45) is 4.20. The fraction of sp³-hybridized carbons (Fsp3) is 0.933. The van der Waals surface area contributed by atoms with Gasteiger partial charge in [0.15, 0.2) is 0 Å². The first kappa shape index (κ1) is 15.7. The van der Waals surface area contributed by atoms with Crippen LogP contribution in [0, 0.1) is 0 Å². The number of nitrogens with one attached hydrogen (secondary N) is 1. The topological polar surface area (TPSA) is 55.8 Å². The molecule has 5 heteroatoms. The second-order valence-corrected chi connectivity index (χ2v) is 6.42. The maximum absolute atomic E-state index is 12.1. The van der Waals surface area contributed by atoms with Crippen molar-refractivity contribution in [2.45, 2.75) is 57.7 Å². The molecule has 0 bridgehead atoms. The van der Waals surface area contributed by atoms with Crippen molar-refractivity contribution in [2.75, 3.05) is 32.8 Å². The lowest BCUT2D eigenvalue weighted by atomic mass is 10.0. The zero-order valence-corrected chi connectivity index (χ0v) is 12.8. The number of rotatable bonds is 5. The smallest absolute Gasteiger partial charge is 0.234 e. The van der Waals surface area contributed by atoms with Gasteiger partial charge in [-0.1, -0.05) is 0 Å². The van der Waals surface area contributed by atoms with Crippen molar-refractivity contribution in [3.63, 3.8) is 0 Å². The lowest BCUT2D eigenvalue weighted by Gasteiger charge is -2.35. The van der Waals surface area contributed by atoms with E-state index in [1.54, 1.807) is 0 Å². The summed E-state index contributed by atoms with van der Waals surface area (Å²) in [6, 6.07) is 1.11. The minimum Gasteiger partial charge on any atom is -0.395 e. The van der Waals surface area contributed by atoms with E-state index < -0.39 is 0 Å². The standard InChI is InChI=1S/C15H29N3O2/c1-12(2)17-8-5-13(6-9-17)16-15(20)10-18-7-3-4-14(18)11-19/h12-14,19H,3-11H2,1-2H3,(H,16,20)/t14-/m1/s1. The number of aliphatic hydroxyl groups is 1. The second kappa shape index (κ2) is 7.38. The average molecular weight is 283 g/mol. The fourth-order valence-electron chi connectivity index (χ4n) is 3.33. The molecule has 0 saturated carbocycles. The Morgan fingerprint density at radius 3 is 2.55 bits per heavy atom. The predicted octanol–water partition coefficient (Wildman–Crippen LogP) is 0.432. The van der Waals surface area contributed by atoms with E-state index in [1.165, 1.54) is 0 Å². The van der Waals surface area contributed by atoms with Crippen LogP contribution in [0.4, 0.5) is 0 Å². The highest BCUT2D eigenvalue weighted by Crippen LogP contribution is 2.16. The third-order valence-electron chi connectivity index (χ3n) is 4.68. The van der Waals surface area contributed by atoms with Crippen LogP contribution in [0.2, 0.25) is 0 Å². The van der Waals surface area contributed by atoms with Crippen LogP contribution in [-0.4, -0.2) is 71.7 Å². The van der Waals surface area contributed by atoms with Crippen LogP contribution in [0.25, 0.3) is 0 Å². The summed E-state index contributed by atoms with van der Waals surface area (Å²) in [5, 5.41) is 12.4. The molecule has 2 aliphatic rings. The van der Waals surface area contributed by atoms with Crippen LogP contribution < -0.4 is 5.32 Å². The summed E-state index contributed by atoms with van der Waals surface area (Å²) in [5.74, 6) is 0.119. The SMILES string of the molecule is CC(C)N1CCC(NC(=O)CN2CCC[C@@H]2CO)CC1. The van der Waals surface area contributed by atoms with Gasteiger partial charge in [-0.15, -0.1) is 0 Å². The first-order valence-corrected chi connectivity index (χ1v) is 7.98. The zero-order valence-electron chi connectivity index (χ0n) is 12.8. The summed E-state index contributed by atoms with van der Waals surface area (Å²) in [6.45, 7) is 8.14. The van der Waals surface area contributed by atoms with Gasteiger partial charge >= 0.3 is 0 Å². The molecule has 0 unspecified atom stereocenters. The van der Waals surface area contributed by atoms with E-state index in [0.29, 0.717) is 18.6 Å². The van der Waals surface area contributed by atoms with E-state index in [2.05, 4.69) is 29.0 Å². The van der Waals surface area contributed by atoms with Crippen LogP contribution in [0.15, 0.2) is 0 Å². The number of aliphatic hydroxyl groups excluding tert-OH is 1. The number of carbonyl (C=O) groups is 1. The molecule has 0 aromatic carbocycles. The largest absolute Gasteiger partial charge is 0.395 e. The molecular formula is C15H29N3O2. The van der Waals surface area contributed by atoms with Gasteiger partial charge in [-0.05, 0) is 46.1 Å². The van der Waals surface area contributed by atoms with E-state index in [1.807, 2.05) is 0 Å². The second-order valence-electron chi connectivity index (χ2n) is 6.42. The normalized spacial score (nSPS) is 26.3. The molecule has 1 atom stereocenters. The van der Waals surface area contributed by atoms with Gasteiger partial charge in [0, 0.05) is 31.2 Å². The molecule has 2 N–H and O–H groups in total. The van der Waals surface area contributed by atoms with Gasteiger partial charge in [-0.2, -0.15) is 0 Å². The highest BCUT2D eigenvalue weighted by molar-refractivity contribution is 5.78. The van der Waals surface area contributed by atoms with Crippen molar-refractivity contribution >= 4 is 5.91 Å². The molecule has 0 aromatic heterocycles. The van der Waals surface area contributed by atoms with Gasteiger partial charge in [0.2, 0.25) is 5.91 Å². The molecule has 0 radical (unpaired) electrons. The number of amides is 1. The Morgan fingerprint density at radius 1 is 1.25 bits per heavy atom. The molecule has 2 aliphatic heterocycles. The molecule has 2 fully saturated rings. The molecule has 20 heavy (non-hydrogen) atoms. The maximum atomic E-state index is 12.1. The zero-order chi connectivity index (χ0) is 14.5. The van der Waals surface area contributed by atoms with Gasteiger partial charge in [0.1, 0.15) is 0 Å². The van der Waals surface area contributed by atoms with Crippen LogP contribution >= 0.6 is 0 Å². The molecule has 1 amide bonds. The fourth-order valence-corrected chi connectivity index (χ4v) is 3.33. The lowest BCUT2D eigenvalue weighted by Crippen LogP contribution is -2.49. The Morgan fingerprint density at radius 2 is 1.95 bits per heavy atom. The number of hydrogen-bond donors (Lipinski definition) is 2. The quantitative estimate of drug-likeness (QED) is 0.768. The van der Waals surface area contributed by atoms with E-state index >= 15 is 0 Å². The number of likely N-dealkylation sites (tertiary alicyclic amines) is 2. The van der Waals surface area contributed by atoms with Crippen molar-refractivity contribution in [2.24, 2.45) is 0 Å². The van der Waals surface area contributed by atoms with Crippen molar-refractivity contribution in [1.29, 1.82) is 0 Å². The molecule has 0 spiro atoms. The summed E-state index contributed by atoms with van der Waals surface area (Å²) < 4.78 is 0. The van der Waals surface area contributed by atoms with Crippen molar-refractivity contribution in [1.82, 2.24) is 15.1 Å². The minimum absolute atomic E-state index is 0.119. The number of nitrogens with zero attached hydrogens (tertiary/aromatic N) is 2. The first-order valence-electron chi connectivity index (χ1n) is 7.98. The summed E-state index contributed by atoms with van der Waals surface area (Å²) in [4.78, 5) is 16.7. The van der Waals surface area contributed by atoms with Gasteiger partial charge in [-0.25, -0.2) is 0 Å². The van der Waals surface area contributed by atoms with Crippen LogP contribution in [0.1, 0.15) is 39.5 Å². The van der Waals surface area contributed by atoms with Crippen LogP contribution in [0.5, 0.6) is 0 Å². The maximum Gasteiger partial charge on any atom is 0.234 e. The van der Waals surface area contributed by atoms with E-state index in [4.69, 9.17) is 0 Å². The van der Waals surface area contributed by atoms with E-state index in [9.17, 15) is 9.90 Å². The van der Waals surface area contributed by atoms with Gasteiger partial charge in [-0.3, -0.25) is 9.69 Å². The molecule has 2 saturated heterocycles. The van der Waals surface area contributed by atoms with Gasteiger partial charge in [0.05, 0.1) is 13.2 Å². The van der Waals surface area contributed by atoms with E-state index in [-0.39, 0.29) is 18.6 Å². The molecule has 116 valence electrons. The molecule has 0 aliphatic carbocycles. The average Bonchev–Trinajstić information content (AvgIpc) is 2.86. The number of piperidine rings is 1. The molecular weight excluding hydrogens is 254 g/mol. The third-order valence-corrected chi connectivity index (χ3v) is 4.68. The van der Waals surface area contributed by atoms with Crippen molar-refractivity contribution < 1.29 is 9.90 Å². The number of hydrogen-bond acceptors (Lipinski definition) is 4. The van der Waals surface area contributed by atoms with Gasteiger partial charge in [0.25, 0.3) is 0 Å². The molecule has 0 aromatic rings. The van der Waals surface area contributed by atoms with Crippen LogP contribution in [-0.2, 0) is 4.79 Å². The van der Waals surface area contributed by atoms with Crippen LogP contribution in [0.3, 0.4) is 0 Å². The predicted molar refractivity (Wildman–Crippen MR) is 79.6 cm³/mol. The first-order chi connectivity index (χ1) is 9.60. The Labute approximate surface area is 122 Å². The summed E-state index contributed by atoms with van der Waals surface area (Å²) >= 11 is 0. The van der Waals surface area contributed by atoms with Crippen molar-refractivity contribution in [3.8, 4) is 0 Å². The Bertz CT molecular complexity index is 314. The van der Waals surface area contributed by atoms with Gasteiger partial charge < -0.3 is 15.3 Å². The molecule has 5 nitrogen and oxygen atoms in total. The number of carbonyl (C=O) groups excluding carboxylic acids is 1. The lowest BCUT2D eigenvalue weighted by molar-refractivity contribution is -0.123. The Kier molecular flexibility index (Phi) is 5.81. The van der Waals surface area contributed by atoms with E-state index in [0.717, 1.165) is 45.3 Å². The monoisotopic (exact) mass is 283 g/mol. The molecule has 2 rings (SSSR count). The highest BCUT2D eigenvalue weighted by atomic mass is 16.3. The molecule has 2 heterocycles.